The van der Waals surface area contributed by atoms with Gasteiger partial charge in [-0.25, -0.2) is 4.79 Å². The summed E-state index contributed by atoms with van der Waals surface area (Å²) in [6, 6.07) is 12.8. The summed E-state index contributed by atoms with van der Waals surface area (Å²) < 4.78 is 10.9. The summed E-state index contributed by atoms with van der Waals surface area (Å²) in [5.74, 6) is -0.567. The zero-order valence-corrected chi connectivity index (χ0v) is 17.5. The highest BCUT2D eigenvalue weighted by Gasteiger charge is 2.33. The molecule has 1 saturated heterocycles. The number of hydrogen-bond donors (Lipinski definition) is 1. The first-order valence-corrected chi connectivity index (χ1v) is 10.0. The number of carboxylic acid groups (broad SMARTS) is 1. The first kappa shape index (κ1) is 20.9. The van der Waals surface area contributed by atoms with Crippen molar-refractivity contribution in [2.75, 3.05) is 18.6 Å². The van der Waals surface area contributed by atoms with Gasteiger partial charge < -0.3 is 14.6 Å². The number of aryl methyl sites for hydroxylation is 1. The smallest absolute Gasteiger partial charge is 0.341 e. The van der Waals surface area contributed by atoms with Crippen LogP contribution in [-0.2, 0) is 16.0 Å². The lowest BCUT2D eigenvalue weighted by molar-refractivity contribution is -0.139. The van der Waals surface area contributed by atoms with Gasteiger partial charge in [0, 0.05) is 0 Å². The molecule has 1 N–H and O–H groups in total. The summed E-state index contributed by atoms with van der Waals surface area (Å²) in [6.07, 6.45) is 2.65. The van der Waals surface area contributed by atoms with E-state index in [1.54, 1.807) is 24.3 Å². The van der Waals surface area contributed by atoms with Crippen molar-refractivity contribution in [3.63, 3.8) is 0 Å². The Balaban J connectivity index is 1.84. The van der Waals surface area contributed by atoms with E-state index in [2.05, 4.69) is 6.92 Å². The van der Waals surface area contributed by atoms with E-state index in [9.17, 15) is 9.59 Å². The van der Waals surface area contributed by atoms with Gasteiger partial charge in [-0.1, -0.05) is 49.1 Å². The Bertz CT molecular complexity index is 985. The fourth-order valence-corrected chi connectivity index (χ4v) is 4.05. The number of anilines is 1. The molecule has 8 heteroatoms. The van der Waals surface area contributed by atoms with Gasteiger partial charge in [-0.15, -0.1) is 0 Å². The molecular formula is C21H19NO5S2. The number of carboxylic acids is 1. The summed E-state index contributed by atoms with van der Waals surface area (Å²) in [5.41, 5.74) is 2.64. The largest absolute Gasteiger partial charge is 0.493 e. The van der Waals surface area contributed by atoms with Crippen molar-refractivity contribution in [3.8, 4) is 11.5 Å². The Morgan fingerprint density at radius 2 is 1.93 bits per heavy atom. The number of ether oxygens (including phenoxy) is 2. The van der Waals surface area contributed by atoms with Gasteiger partial charge in [-0.3, -0.25) is 9.69 Å². The highest BCUT2D eigenvalue weighted by Crippen LogP contribution is 2.37. The second-order valence-electron chi connectivity index (χ2n) is 6.13. The molecule has 150 valence electrons. The monoisotopic (exact) mass is 429 g/mol. The maximum atomic E-state index is 12.9. The van der Waals surface area contributed by atoms with E-state index in [-0.39, 0.29) is 5.91 Å². The maximum absolute atomic E-state index is 12.9. The number of thiocarbonyl (C=S) groups is 1. The molecule has 29 heavy (non-hydrogen) atoms. The Labute approximate surface area is 178 Å². The molecule has 3 rings (SSSR count). The van der Waals surface area contributed by atoms with Crippen molar-refractivity contribution in [1.82, 2.24) is 0 Å². The number of thioether (sulfide) groups is 1. The normalized spacial score (nSPS) is 15.1. The number of rotatable bonds is 7. The third-order valence-corrected chi connectivity index (χ3v) is 5.54. The second kappa shape index (κ2) is 9.11. The highest BCUT2D eigenvalue weighted by atomic mass is 32.2. The van der Waals surface area contributed by atoms with Crippen LogP contribution in [0.15, 0.2) is 47.4 Å². The van der Waals surface area contributed by atoms with Crippen molar-refractivity contribution < 1.29 is 24.2 Å². The molecule has 0 bridgehead atoms. The molecule has 0 atom stereocenters. The van der Waals surface area contributed by atoms with Crippen LogP contribution in [0, 0.1) is 0 Å². The van der Waals surface area contributed by atoms with Crippen molar-refractivity contribution in [3.05, 3.63) is 58.5 Å². The van der Waals surface area contributed by atoms with Gasteiger partial charge in [0.05, 0.1) is 17.7 Å². The average molecular weight is 430 g/mol. The van der Waals surface area contributed by atoms with Crippen LogP contribution in [0.1, 0.15) is 18.1 Å². The van der Waals surface area contributed by atoms with E-state index in [0.29, 0.717) is 26.3 Å². The van der Waals surface area contributed by atoms with Gasteiger partial charge in [-0.2, -0.15) is 0 Å². The zero-order chi connectivity index (χ0) is 21.0. The van der Waals surface area contributed by atoms with E-state index in [4.69, 9.17) is 26.8 Å². The Hall–Kier alpha value is -2.84. The number of benzene rings is 2. The van der Waals surface area contributed by atoms with E-state index in [1.165, 1.54) is 29.3 Å². The van der Waals surface area contributed by atoms with Crippen LogP contribution < -0.4 is 14.4 Å². The molecule has 0 aliphatic carbocycles. The first-order valence-electron chi connectivity index (χ1n) is 8.82. The van der Waals surface area contributed by atoms with Crippen LogP contribution in [0.5, 0.6) is 11.5 Å². The van der Waals surface area contributed by atoms with E-state index in [0.717, 1.165) is 12.1 Å². The number of amides is 1. The molecule has 6 nitrogen and oxygen atoms in total. The Morgan fingerprint density at radius 1 is 1.21 bits per heavy atom. The summed E-state index contributed by atoms with van der Waals surface area (Å²) in [7, 11) is 1.46. The van der Waals surface area contributed by atoms with E-state index >= 15 is 0 Å². The van der Waals surface area contributed by atoms with Crippen LogP contribution in [0.2, 0.25) is 0 Å². The minimum absolute atomic E-state index is 0.186. The van der Waals surface area contributed by atoms with E-state index in [1.807, 2.05) is 24.3 Å². The molecule has 1 aliphatic heterocycles. The second-order valence-corrected chi connectivity index (χ2v) is 7.81. The topological polar surface area (TPSA) is 76.1 Å². The zero-order valence-electron chi connectivity index (χ0n) is 15.9. The molecule has 1 heterocycles. The highest BCUT2D eigenvalue weighted by molar-refractivity contribution is 8.27. The molecule has 2 aromatic carbocycles. The lowest BCUT2D eigenvalue weighted by Gasteiger charge is -2.14. The predicted octanol–water partition coefficient (Wildman–Crippen LogP) is 4.13. The molecule has 1 amide bonds. The number of carbonyl (C=O) groups excluding carboxylic acids is 1. The van der Waals surface area contributed by atoms with Gasteiger partial charge in [0.15, 0.2) is 22.4 Å². The quantitative estimate of drug-likeness (QED) is 0.524. The fourth-order valence-electron chi connectivity index (χ4n) is 2.76. The van der Waals surface area contributed by atoms with Gasteiger partial charge in [0.25, 0.3) is 5.91 Å². The predicted molar refractivity (Wildman–Crippen MR) is 118 cm³/mol. The summed E-state index contributed by atoms with van der Waals surface area (Å²) in [5, 5.41) is 8.75. The molecule has 0 unspecified atom stereocenters. The van der Waals surface area contributed by atoms with Crippen molar-refractivity contribution in [1.29, 1.82) is 0 Å². The van der Waals surface area contributed by atoms with Crippen LogP contribution in [-0.4, -0.2) is 35.0 Å². The SMILES string of the molecule is CCc1ccc(N2C(=O)/C(=C\c3ccc(OCC(=O)O)c(OC)c3)SC2=S)cc1. The Morgan fingerprint density at radius 3 is 2.55 bits per heavy atom. The number of nitrogens with zero attached hydrogens (tertiary/aromatic N) is 1. The molecule has 0 saturated carbocycles. The van der Waals surface area contributed by atoms with Crippen LogP contribution in [0.4, 0.5) is 5.69 Å². The summed E-state index contributed by atoms with van der Waals surface area (Å²) >= 11 is 6.64. The average Bonchev–Trinajstić information content (AvgIpc) is 2.99. The van der Waals surface area contributed by atoms with Crippen LogP contribution in [0.3, 0.4) is 0 Å². The lowest BCUT2D eigenvalue weighted by Crippen LogP contribution is -2.27. The maximum Gasteiger partial charge on any atom is 0.341 e. The van der Waals surface area contributed by atoms with E-state index < -0.39 is 12.6 Å². The standard InChI is InChI=1S/C21H19NO5S2/c1-3-13-4-7-15(8-5-13)22-20(25)18(29-21(22)28)11-14-6-9-16(17(10-14)26-2)27-12-19(23)24/h4-11H,3,12H2,1-2H3,(H,23,24)/b18-11+. The van der Waals surface area contributed by atoms with Gasteiger partial charge >= 0.3 is 5.97 Å². The molecule has 2 aromatic rings. The molecular weight excluding hydrogens is 410 g/mol. The van der Waals surface area contributed by atoms with Crippen LogP contribution in [0.25, 0.3) is 6.08 Å². The summed E-state index contributed by atoms with van der Waals surface area (Å²) in [6.45, 7) is 1.61. The number of aliphatic carboxylic acids is 1. The van der Waals surface area contributed by atoms with Crippen molar-refractivity contribution in [2.24, 2.45) is 0 Å². The van der Waals surface area contributed by atoms with Crippen LogP contribution >= 0.6 is 24.0 Å². The van der Waals surface area contributed by atoms with Gasteiger partial charge in [0.2, 0.25) is 0 Å². The summed E-state index contributed by atoms with van der Waals surface area (Å²) in [4.78, 5) is 25.6. The molecule has 0 radical (unpaired) electrons. The molecule has 0 aromatic heterocycles. The minimum Gasteiger partial charge on any atom is -0.493 e. The molecule has 1 aliphatic rings. The Kier molecular flexibility index (Phi) is 6.56. The third-order valence-electron chi connectivity index (χ3n) is 4.23. The molecule has 1 fully saturated rings. The van der Waals surface area contributed by atoms with Gasteiger partial charge in [-0.05, 0) is 47.9 Å². The van der Waals surface area contributed by atoms with Crippen molar-refractivity contribution >= 4 is 51.9 Å². The van der Waals surface area contributed by atoms with Crippen molar-refractivity contribution in [2.45, 2.75) is 13.3 Å². The van der Waals surface area contributed by atoms with Gasteiger partial charge in [0.1, 0.15) is 0 Å². The first-order chi connectivity index (χ1) is 13.9. The number of carbonyl (C=O) groups is 2. The lowest BCUT2D eigenvalue weighted by atomic mass is 10.1. The fraction of sp³-hybridized carbons (Fsp3) is 0.190. The number of methoxy groups -OCH3 is 1. The molecule has 0 spiro atoms. The third kappa shape index (κ3) is 4.78. The number of hydrogen-bond acceptors (Lipinski definition) is 6. The minimum atomic E-state index is -1.08.